The van der Waals surface area contributed by atoms with E-state index in [0.29, 0.717) is 19.8 Å². The Kier molecular flexibility index (Phi) is 4.49. The van der Waals surface area contributed by atoms with Crippen molar-refractivity contribution >= 4 is 11.8 Å². The highest BCUT2D eigenvalue weighted by molar-refractivity contribution is 5.90. The van der Waals surface area contributed by atoms with Gasteiger partial charge in [-0.05, 0) is 25.9 Å². The second-order valence-electron chi connectivity index (χ2n) is 2.83. The highest BCUT2D eigenvalue weighted by atomic mass is 16.8. The fourth-order valence-corrected chi connectivity index (χ4v) is 1.35. The zero-order valence-corrected chi connectivity index (χ0v) is 9.61. The molecule has 16 heavy (non-hydrogen) atoms. The Morgan fingerprint density at radius 3 is 2.31 bits per heavy atom. The lowest BCUT2D eigenvalue weighted by Gasteiger charge is -2.26. The molecule has 0 N–H and O–H groups in total. The van der Waals surface area contributed by atoms with Crippen molar-refractivity contribution in [2.24, 2.45) is 5.16 Å². The van der Waals surface area contributed by atoms with Crippen LogP contribution in [-0.4, -0.2) is 37.4 Å². The van der Waals surface area contributed by atoms with Gasteiger partial charge in [-0.2, -0.15) is 0 Å². The van der Waals surface area contributed by atoms with E-state index in [2.05, 4.69) is 5.16 Å². The van der Waals surface area contributed by atoms with Crippen LogP contribution in [0.25, 0.3) is 0 Å². The van der Waals surface area contributed by atoms with Gasteiger partial charge in [0, 0.05) is 13.2 Å². The van der Waals surface area contributed by atoms with Gasteiger partial charge in [0.1, 0.15) is 0 Å². The second kappa shape index (κ2) is 5.65. The summed E-state index contributed by atoms with van der Waals surface area (Å²) in [6.45, 7) is 6.33. The third-order valence-electron chi connectivity index (χ3n) is 1.87. The lowest BCUT2D eigenvalue weighted by molar-refractivity contribution is -0.177. The summed E-state index contributed by atoms with van der Waals surface area (Å²) in [4.78, 5) is 15.5. The number of nitrogens with zero attached hydrogens (tertiary/aromatic N) is 1. The maximum atomic E-state index is 10.7. The van der Waals surface area contributed by atoms with Crippen LogP contribution in [0.2, 0.25) is 0 Å². The van der Waals surface area contributed by atoms with Gasteiger partial charge in [0.25, 0.3) is 11.7 Å². The Hall–Kier alpha value is -1.36. The predicted octanol–water partition coefficient (Wildman–Crippen LogP) is 0.851. The molecule has 0 amide bonds. The highest BCUT2D eigenvalue weighted by Crippen LogP contribution is 2.31. The minimum absolute atomic E-state index is 0.0945. The van der Waals surface area contributed by atoms with Gasteiger partial charge in [0.05, 0.1) is 6.61 Å². The number of hydrogen-bond acceptors (Lipinski definition) is 6. The molecule has 0 spiro atoms. The van der Waals surface area contributed by atoms with E-state index in [4.69, 9.17) is 19.0 Å². The summed E-state index contributed by atoms with van der Waals surface area (Å²) in [7, 11) is 0. The SMILES string of the molecule is CCOC1=NOC(=C=O)C1(OCC)OCC. The average Bonchev–Trinajstić information content (AvgIpc) is 2.59. The Balaban J connectivity index is 3.04. The van der Waals surface area contributed by atoms with Gasteiger partial charge in [-0.3, -0.25) is 0 Å². The zero-order valence-electron chi connectivity index (χ0n) is 9.61. The minimum Gasteiger partial charge on any atom is -0.475 e. The molecule has 0 fully saturated rings. The largest absolute Gasteiger partial charge is 0.475 e. The third-order valence-corrected chi connectivity index (χ3v) is 1.87. The van der Waals surface area contributed by atoms with E-state index in [9.17, 15) is 4.79 Å². The van der Waals surface area contributed by atoms with Crippen LogP contribution in [0.15, 0.2) is 10.9 Å². The maximum absolute atomic E-state index is 10.7. The van der Waals surface area contributed by atoms with Gasteiger partial charge in [-0.25, -0.2) is 4.79 Å². The molecule has 0 saturated carbocycles. The van der Waals surface area contributed by atoms with Gasteiger partial charge in [-0.1, -0.05) is 0 Å². The van der Waals surface area contributed by atoms with Crippen LogP contribution in [0.1, 0.15) is 20.8 Å². The van der Waals surface area contributed by atoms with E-state index in [1.165, 1.54) is 0 Å². The van der Waals surface area contributed by atoms with Crippen LogP contribution in [0, 0.1) is 0 Å². The molecule has 0 radical (unpaired) electrons. The van der Waals surface area contributed by atoms with Gasteiger partial charge in [-0.15, -0.1) is 0 Å². The van der Waals surface area contributed by atoms with Crippen LogP contribution in [0.3, 0.4) is 0 Å². The fraction of sp³-hybridized carbons (Fsp3) is 0.700. The molecule has 0 aromatic rings. The molecule has 90 valence electrons. The first-order valence-corrected chi connectivity index (χ1v) is 5.16. The molecule has 0 aromatic heterocycles. The Morgan fingerprint density at radius 2 is 1.88 bits per heavy atom. The molecule has 0 atom stereocenters. The van der Waals surface area contributed by atoms with E-state index in [-0.39, 0.29) is 11.7 Å². The highest BCUT2D eigenvalue weighted by Gasteiger charge is 2.52. The lowest BCUT2D eigenvalue weighted by Crippen LogP contribution is -2.45. The first-order valence-electron chi connectivity index (χ1n) is 5.16. The standard InChI is InChI=1S/C10H15NO5/c1-4-13-9-10(14-5-2,15-6-3)8(7-12)16-11-9/h4-6H2,1-3H3. The fourth-order valence-electron chi connectivity index (χ4n) is 1.35. The molecule has 1 aliphatic rings. The van der Waals surface area contributed by atoms with Crippen molar-refractivity contribution in [3.8, 4) is 0 Å². The predicted molar refractivity (Wildman–Crippen MR) is 55.3 cm³/mol. The molecule has 1 aliphatic heterocycles. The molecule has 0 unspecified atom stereocenters. The molecule has 0 bridgehead atoms. The molecule has 1 heterocycles. The van der Waals surface area contributed by atoms with E-state index in [1.54, 1.807) is 26.7 Å². The molecule has 6 heteroatoms. The van der Waals surface area contributed by atoms with Crippen LogP contribution in [0.5, 0.6) is 0 Å². The summed E-state index contributed by atoms with van der Waals surface area (Å²) in [5.41, 5.74) is 0. The number of hydrogen-bond donors (Lipinski definition) is 0. The normalized spacial score (nSPS) is 17.7. The van der Waals surface area contributed by atoms with Gasteiger partial charge in [0.15, 0.2) is 5.94 Å². The Bertz CT molecular complexity index is 313. The monoisotopic (exact) mass is 229 g/mol. The van der Waals surface area contributed by atoms with Crippen molar-refractivity contribution in [1.82, 2.24) is 0 Å². The summed E-state index contributed by atoms with van der Waals surface area (Å²) < 4.78 is 16.0. The number of ether oxygens (including phenoxy) is 3. The first-order chi connectivity index (χ1) is 7.75. The molecule has 0 aliphatic carbocycles. The lowest BCUT2D eigenvalue weighted by atomic mass is 10.2. The van der Waals surface area contributed by atoms with Crippen molar-refractivity contribution in [3.63, 3.8) is 0 Å². The summed E-state index contributed by atoms with van der Waals surface area (Å²) in [5.74, 6) is 0.0692. The van der Waals surface area contributed by atoms with Gasteiger partial charge in [0.2, 0.25) is 0 Å². The quantitative estimate of drug-likeness (QED) is 0.516. The van der Waals surface area contributed by atoms with Crippen molar-refractivity contribution < 1.29 is 23.8 Å². The van der Waals surface area contributed by atoms with Crippen LogP contribution in [-0.2, 0) is 23.8 Å². The van der Waals surface area contributed by atoms with Crippen molar-refractivity contribution in [2.75, 3.05) is 19.8 Å². The van der Waals surface area contributed by atoms with Gasteiger partial charge < -0.3 is 19.0 Å². The molecule has 1 rings (SSSR count). The molecular formula is C10H15NO5. The minimum atomic E-state index is -1.47. The summed E-state index contributed by atoms with van der Waals surface area (Å²) >= 11 is 0. The van der Waals surface area contributed by atoms with E-state index in [0.717, 1.165) is 0 Å². The van der Waals surface area contributed by atoms with Crippen molar-refractivity contribution in [1.29, 1.82) is 0 Å². The van der Waals surface area contributed by atoms with Gasteiger partial charge >= 0.3 is 5.79 Å². The van der Waals surface area contributed by atoms with Crippen molar-refractivity contribution in [3.05, 3.63) is 5.76 Å². The summed E-state index contributed by atoms with van der Waals surface area (Å²) in [5, 5.41) is 3.61. The average molecular weight is 229 g/mol. The number of oxime groups is 1. The van der Waals surface area contributed by atoms with E-state index < -0.39 is 5.79 Å². The number of carbonyl (C=O) groups excluding carboxylic acids is 1. The van der Waals surface area contributed by atoms with E-state index >= 15 is 0 Å². The smallest absolute Gasteiger partial charge is 0.325 e. The second-order valence-corrected chi connectivity index (χ2v) is 2.83. The van der Waals surface area contributed by atoms with Crippen LogP contribution in [0.4, 0.5) is 0 Å². The summed E-state index contributed by atoms with van der Waals surface area (Å²) in [6.07, 6.45) is 0. The molecular weight excluding hydrogens is 214 g/mol. The Labute approximate surface area is 93.8 Å². The molecule has 0 aromatic carbocycles. The first kappa shape index (κ1) is 12.7. The van der Waals surface area contributed by atoms with Crippen LogP contribution < -0.4 is 0 Å². The van der Waals surface area contributed by atoms with E-state index in [1.807, 2.05) is 0 Å². The molecule has 6 nitrogen and oxygen atoms in total. The zero-order chi connectivity index (χ0) is 12.0. The molecule has 0 saturated heterocycles. The maximum Gasteiger partial charge on any atom is 0.325 e. The topological polar surface area (TPSA) is 66.4 Å². The van der Waals surface area contributed by atoms with Crippen molar-refractivity contribution in [2.45, 2.75) is 26.6 Å². The number of rotatable bonds is 5. The summed E-state index contributed by atoms with van der Waals surface area (Å²) in [6, 6.07) is 0. The third kappa shape index (κ3) is 2.09. The Morgan fingerprint density at radius 1 is 1.25 bits per heavy atom. The van der Waals surface area contributed by atoms with Crippen LogP contribution >= 0.6 is 0 Å².